The topological polar surface area (TPSA) is 114 Å². The zero-order valence-corrected chi connectivity index (χ0v) is 20.2. The number of anilines is 3. The largest absolute Gasteiger partial charge is 0.349 e. The van der Waals surface area contributed by atoms with Gasteiger partial charge in [0, 0.05) is 34.6 Å². The number of carbonyl (C=O) groups is 2. The molecule has 38 heavy (non-hydrogen) atoms. The van der Waals surface area contributed by atoms with Crippen molar-refractivity contribution in [3.8, 4) is 0 Å². The van der Waals surface area contributed by atoms with Crippen LogP contribution in [0.1, 0.15) is 27.7 Å². The number of para-hydroxylation sites is 3. The lowest BCUT2D eigenvalue weighted by atomic mass is 10.1. The number of hydrogen-bond acceptors (Lipinski definition) is 6. The fourth-order valence-electron chi connectivity index (χ4n) is 4.36. The minimum Gasteiger partial charge on any atom is -0.349 e. The Hall–Kier alpha value is -5.02. The summed E-state index contributed by atoms with van der Waals surface area (Å²) >= 11 is 0. The molecule has 2 N–H and O–H groups in total. The molecule has 2 amide bonds. The summed E-state index contributed by atoms with van der Waals surface area (Å²) in [5, 5.41) is 16.8. The summed E-state index contributed by atoms with van der Waals surface area (Å²) in [7, 11) is 0. The highest BCUT2D eigenvalue weighted by Crippen LogP contribution is 2.37. The van der Waals surface area contributed by atoms with E-state index in [1.165, 1.54) is 12.1 Å². The fourth-order valence-corrected chi connectivity index (χ4v) is 4.36. The van der Waals surface area contributed by atoms with Gasteiger partial charge in [-0.25, -0.2) is 0 Å². The van der Waals surface area contributed by atoms with Crippen molar-refractivity contribution in [2.45, 2.75) is 12.8 Å². The summed E-state index contributed by atoms with van der Waals surface area (Å²) < 4.78 is 6.09. The number of nitro groups is 1. The molecule has 1 atom stereocenters. The van der Waals surface area contributed by atoms with Crippen molar-refractivity contribution in [3.05, 3.63) is 130 Å². The maximum absolute atomic E-state index is 13.3. The van der Waals surface area contributed by atoms with E-state index in [-0.39, 0.29) is 24.0 Å². The van der Waals surface area contributed by atoms with Gasteiger partial charge >= 0.3 is 0 Å². The lowest BCUT2D eigenvalue weighted by Crippen LogP contribution is -2.40. The van der Waals surface area contributed by atoms with Gasteiger partial charge in [-0.2, -0.15) is 0 Å². The van der Waals surface area contributed by atoms with Crippen molar-refractivity contribution in [2.75, 3.05) is 22.1 Å². The Kier molecular flexibility index (Phi) is 7.10. The van der Waals surface area contributed by atoms with Crippen molar-refractivity contribution in [3.63, 3.8) is 0 Å². The number of hydrogen-bond donors (Lipinski definition) is 2. The summed E-state index contributed by atoms with van der Waals surface area (Å²) in [5.41, 5.74) is 3.75. The Bertz CT molecular complexity index is 1470. The molecule has 1 aliphatic rings. The quantitative estimate of drug-likeness (QED) is 0.251. The molecule has 9 nitrogen and oxygen atoms in total. The Balaban J connectivity index is 1.38. The van der Waals surface area contributed by atoms with Crippen LogP contribution < -0.4 is 15.5 Å². The summed E-state index contributed by atoms with van der Waals surface area (Å²) in [5.74, 6) is -0.695. The number of rotatable bonds is 7. The van der Waals surface area contributed by atoms with Crippen molar-refractivity contribution in [1.82, 2.24) is 0 Å². The maximum atomic E-state index is 13.3. The monoisotopic (exact) mass is 508 g/mol. The molecule has 0 saturated heterocycles. The van der Waals surface area contributed by atoms with Gasteiger partial charge in [0.05, 0.1) is 22.8 Å². The molecule has 190 valence electrons. The Morgan fingerprint density at radius 1 is 0.868 bits per heavy atom. The summed E-state index contributed by atoms with van der Waals surface area (Å²) in [6.07, 6.45) is -0.631. The van der Waals surface area contributed by atoms with Gasteiger partial charge in [0.1, 0.15) is 6.54 Å². The SMILES string of the molecule is O=C(CN1c2ccccc2COC1c1ccc([N+](=O)[O-])cc1)Nc1ccccc1C(=O)Nc1ccccc1. The Morgan fingerprint density at radius 2 is 1.55 bits per heavy atom. The van der Waals surface area contributed by atoms with E-state index in [1.807, 2.05) is 47.4 Å². The normalized spacial score (nSPS) is 14.3. The van der Waals surface area contributed by atoms with Crippen molar-refractivity contribution in [2.24, 2.45) is 0 Å². The van der Waals surface area contributed by atoms with Gasteiger partial charge < -0.3 is 20.3 Å². The first-order valence-electron chi connectivity index (χ1n) is 12.0. The molecule has 4 aromatic carbocycles. The van der Waals surface area contributed by atoms with E-state index in [0.29, 0.717) is 29.1 Å². The molecule has 1 aliphatic heterocycles. The highest BCUT2D eigenvalue weighted by atomic mass is 16.6. The van der Waals surface area contributed by atoms with Crippen molar-refractivity contribution >= 4 is 34.6 Å². The van der Waals surface area contributed by atoms with Crippen molar-refractivity contribution < 1.29 is 19.2 Å². The zero-order valence-electron chi connectivity index (χ0n) is 20.2. The second-order valence-corrected chi connectivity index (χ2v) is 8.68. The molecule has 1 unspecified atom stereocenters. The van der Waals surface area contributed by atoms with Gasteiger partial charge in [-0.05, 0) is 42.5 Å². The van der Waals surface area contributed by atoms with E-state index >= 15 is 0 Å². The van der Waals surface area contributed by atoms with Crippen LogP contribution in [0.25, 0.3) is 0 Å². The molecule has 0 aromatic heterocycles. The van der Waals surface area contributed by atoms with E-state index < -0.39 is 11.2 Å². The van der Waals surface area contributed by atoms with Gasteiger partial charge in [0.2, 0.25) is 5.91 Å². The lowest BCUT2D eigenvalue weighted by molar-refractivity contribution is -0.384. The van der Waals surface area contributed by atoms with E-state index in [0.717, 1.165) is 11.3 Å². The standard InChI is InChI=1S/C29H24N4O5/c34-27(31-25-12-6-5-11-24(25)28(35)30-22-9-2-1-3-10-22)18-32-26-13-7-4-8-21(26)19-38-29(32)20-14-16-23(17-15-20)33(36)37/h1-17,29H,18-19H2,(H,30,35)(H,31,34). The van der Waals surface area contributed by atoms with E-state index in [2.05, 4.69) is 10.6 Å². The summed E-state index contributed by atoms with van der Waals surface area (Å²) in [6, 6.07) is 29.6. The molecule has 0 spiro atoms. The van der Waals surface area contributed by atoms with E-state index in [4.69, 9.17) is 4.74 Å². The van der Waals surface area contributed by atoms with Crippen LogP contribution in [0.3, 0.4) is 0 Å². The van der Waals surface area contributed by atoms with Gasteiger partial charge in [0.25, 0.3) is 11.6 Å². The first kappa shape index (κ1) is 24.7. The number of nitrogens with zero attached hydrogens (tertiary/aromatic N) is 2. The van der Waals surface area contributed by atoms with Crippen LogP contribution in [0.15, 0.2) is 103 Å². The molecule has 0 saturated carbocycles. The van der Waals surface area contributed by atoms with Crippen LogP contribution in [-0.4, -0.2) is 23.3 Å². The summed E-state index contributed by atoms with van der Waals surface area (Å²) in [6.45, 7) is 0.256. The number of carbonyl (C=O) groups excluding carboxylic acids is 2. The van der Waals surface area contributed by atoms with Crippen LogP contribution in [-0.2, 0) is 16.1 Å². The minimum atomic E-state index is -0.631. The summed E-state index contributed by atoms with van der Waals surface area (Å²) in [4.78, 5) is 38.7. The smallest absolute Gasteiger partial charge is 0.269 e. The number of amides is 2. The molecule has 1 heterocycles. The first-order valence-corrected chi connectivity index (χ1v) is 12.0. The molecule has 5 rings (SSSR count). The van der Waals surface area contributed by atoms with Crippen LogP contribution in [0, 0.1) is 10.1 Å². The van der Waals surface area contributed by atoms with E-state index in [1.54, 1.807) is 48.5 Å². The van der Waals surface area contributed by atoms with Crippen LogP contribution in [0.5, 0.6) is 0 Å². The Morgan fingerprint density at radius 3 is 2.32 bits per heavy atom. The molecule has 0 radical (unpaired) electrons. The Labute approximate surface area is 218 Å². The highest BCUT2D eigenvalue weighted by molar-refractivity contribution is 6.10. The highest BCUT2D eigenvalue weighted by Gasteiger charge is 2.30. The van der Waals surface area contributed by atoms with Crippen LogP contribution >= 0.6 is 0 Å². The molecule has 4 aromatic rings. The molecule has 9 heteroatoms. The zero-order chi connectivity index (χ0) is 26.5. The maximum Gasteiger partial charge on any atom is 0.269 e. The minimum absolute atomic E-state index is 0.0281. The number of ether oxygens (including phenoxy) is 1. The molecular formula is C29H24N4O5. The van der Waals surface area contributed by atoms with Gasteiger partial charge in [-0.15, -0.1) is 0 Å². The number of nitrogens with one attached hydrogen (secondary N) is 2. The average Bonchev–Trinajstić information content (AvgIpc) is 2.94. The number of fused-ring (bicyclic) bond motifs is 1. The van der Waals surface area contributed by atoms with Crippen LogP contribution in [0.4, 0.5) is 22.7 Å². The molecule has 0 aliphatic carbocycles. The third-order valence-electron chi connectivity index (χ3n) is 6.16. The first-order chi connectivity index (χ1) is 18.5. The molecular weight excluding hydrogens is 484 g/mol. The third kappa shape index (κ3) is 5.37. The molecule has 0 fully saturated rings. The van der Waals surface area contributed by atoms with E-state index in [9.17, 15) is 19.7 Å². The average molecular weight is 509 g/mol. The predicted octanol–water partition coefficient (Wildman–Crippen LogP) is 5.52. The van der Waals surface area contributed by atoms with Crippen LogP contribution in [0.2, 0.25) is 0 Å². The number of non-ortho nitro benzene ring substituents is 1. The number of nitro benzene ring substituents is 1. The van der Waals surface area contributed by atoms with Crippen molar-refractivity contribution in [1.29, 1.82) is 0 Å². The second-order valence-electron chi connectivity index (χ2n) is 8.68. The van der Waals surface area contributed by atoms with Gasteiger partial charge in [-0.1, -0.05) is 48.5 Å². The fraction of sp³-hybridized carbons (Fsp3) is 0.103. The van der Waals surface area contributed by atoms with Gasteiger partial charge in [0.15, 0.2) is 6.23 Å². The lowest BCUT2D eigenvalue weighted by Gasteiger charge is -2.38. The molecule has 0 bridgehead atoms. The third-order valence-corrected chi connectivity index (χ3v) is 6.16. The number of benzene rings is 4. The predicted molar refractivity (Wildman–Crippen MR) is 144 cm³/mol. The second kappa shape index (κ2) is 10.9. The van der Waals surface area contributed by atoms with Gasteiger partial charge in [-0.3, -0.25) is 19.7 Å².